The molecule has 0 spiro atoms. The Morgan fingerprint density at radius 3 is 2.68 bits per heavy atom. The fourth-order valence-corrected chi connectivity index (χ4v) is 7.11. The van der Waals surface area contributed by atoms with Crippen molar-refractivity contribution in [1.29, 1.82) is 5.41 Å². The highest BCUT2D eigenvalue weighted by Crippen LogP contribution is 2.32. The molecule has 3 heterocycles. The van der Waals surface area contributed by atoms with Crippen molar-refractivity contribution in [3.05, 3.63) is 81.1 Å². The summed E-state index contributed by atoms with van der Waals surface area (Å²) in [5, 5.41) is 12.6. The maximum atomic E-state index is 15.1. The van der Waals surface area contributed by atoms with Gasteiger partial charge in [0.1, 0.15) is 5.65 Å². The second-order valence-corrected chi connectivity index (χ2v) is 13.9. The first-order chi connectivity index (χ1) is 21.1. The molecular weight excluding hydrogens is 597 g/mol. The second kappa shape index (κ2) is 14.3. The second-order valence-electron chi connectivity index (χ2n) is 12.0. The summed E-state index contributed by atoms with van der Waals surface area (Å²) in [5.74, 6) is -0.513. The van der Waals surface area contributed by atoms with Crippen LogP contribution in [0.2, 0.25) is 5.02 Å². The van der Waals surface area contributed by atoms with E-state index in [-0.39, 0.29) is 27.5 Å². The van der Waals surface area contributed by atoms with E-state index in [1.54, 1.807) is 24.4 Å². The Labute approximate surface area is 266 Å². The third-order valence-electron chi connectivity index (χ3n) is 8.26. The van der Waals surface area contributed by atoms with Crippen molar-refractivity contribution < 1.29 is 4.39 Å². The number of hydrogen-bond acceptors (Lipinski definition) is 6. The van der Waals surface area contributed by atoms with Gasteiger partial charge in [-0.1, -0.05) is 55.3 Å². The van der Waals surface area contributed by atoms with Gasteiger partial charge in [0.15, 0.2) is 11.0 Å². The van der Waals surface area contributed by atoms with E-state index >= 15 is 4.39 Å². The van der Waals surface area contributed by atoms with Crippen LogP contribution in [0.1, 0.15) is 76.0 Å². The molecule has 0 aliphatic carbocycles. The monoisotopic (exact) mass is 637 g/mol. The van der Waals surface area contributed by atoms with Crippen molar-refractivity contribution in [1.82, 2.24) is 19.9 Å². The molecule has 2 aromatic carbocycles. The van der Waals surface area contributed by atoms with Crippen LogP contribution < -0.4 is 22.5 Å². The van der Waals surface area contributed by atoms with Crippen molar-refractivity contribution in [3.63, 3.8) is 0 Å². The number of fused-ring (bicyclic) bond motifs is 1. The van der Waals surface area contributed by atoms with Gasteiger partial charge < -0.3 is 21.8 Å². The minimum Gasteiger partial charge on any atom is -0.379 e. The summed E-state index contributed by atoms with van der Waals surface area (Å²) in [6.07, 6.45) is 9.62. The first-order valence-corrected chi connectivity index (χ1v) is 16.6. The highest BCUT2D eigenvalue weighted by Gasteiger charge is 2.23. The van der Waals surface area contributed by atoms with Crippen LogP contribution in [-0.4, -0.2) is 37.0 Å². The van der Waals surface area contributed by atoms with Gasteiger partial charge in [0, 0.05) is 40.5 Å². The van der Waals surface area contributed by atoms with Gasteiger partial charge in [0.2, 0.25) is 0 Å². The summed E-state index contributed by atoms with van der Waals surface area (Å²) in [5.41, 5.74) is 15.1. The summed E-state index contributed by atoms with van der Waals surface area (Å²) in [6.45, 7) is 4.09. The van der Waals surface area contributed by atoms with Crippen LogP contribution in [-0.2, 0) is 6.42 Å². The Morgan fingerprint density at radius 2 is 1.95 bits per heavy atom. The lowest BCUT2D eigenvalue weighted by Gasteiger charge is -2.25. The van der Waals surface area contributed by atoms with Crippen molar-refractivity contribution in [2.45, 2.75) is 88.6 Å². The Morgan fingerprint density at radius 1 is 1.20 bits per heavy atom. The van der Waals surface area contributed by atoms with Gasteiger partial charge in [-0.25, -0.2) is 9.18 Å². The molecule has 8 nitrogen and oxygen atoms in total. The predicted octanol–water partition coefficient (Wildman–Crippen LogP) is 6.82. The number of nitrogens with zero attached hydrogens (tertiary/aromatic N) is 2. The number of rotatable bonds is 10. The molecule has 1 unspecified atom stereocenters. The first-order valence-electron chi connectivity index (χ1n) is 15.3. The number of thioether (sulfide) groups is 1. The third-order valence-corrected chi connectivity index (χ3v) is 9.39. The van der Waals surface area contributed by atoms with E-state index in [0.717, 1.165) is 56.9 Å². The third kappa shape index (κ3) is 7.90. The zero-order chi connectivity index (χ0) is 31.4. The Balaban J connectivity index is 1.36. The minimum absolute atomic E-state index is 0.0588. The van der Waals surface area contributed by atoms with Crippen LogP contribution in [0.15, 0.2) is 53.5 Å². The van der Waals surface area contributed by atoms with Crippen molar-refractivity contribution in [2.24, 2.45) is 11.5 Å². The maximum Gasteiger partial charge on any atom is 0.354 e. The van der Waals surface area contributed by atoms with Crippen molar-refractivity contribution >= 4 is 39.6 Å². The largest absolute Gasteiger partial charge is 0.379 e. The Kier molecular flexibility index (Phi) is 10.5. The predicted molar refractivity (Wildman–Crippen MR) is 180 cm³/mol. The topological polar surface area (TPSA) is 139 Å². The molecule has 0 amide bonds. The normalized spacial score (nSPS) is 18.7. The number of amidine groups is 1. The van der Waals surface area contributed by atoms with Gasteiger partial charge >= 0.3 is 5.69 Å². The summed E-state index contributed by atoms with van der Waals surface area (Å²) in [6, 6.07) is 14.0. The Hall–Kier alpha value is -3.18. The van der Waals surface area contributed by atoms with Gasteiger partial charge in [-0.2, -0.15) is 4.98 Å². The molecule has 7 N–H and O–H groups in total. The molecule has 1 fully saturated rings. The zero-order valence-corrected chi connectivity index (χ0v) is 26.8. The molecule has 0 radical (unpaired) electrons. The molecular formula is C33H41ClFN7OS. The molecule has 11 heteroatoms. The molecule has 234 valence electrons. The van der Waals surface area contributed by atoms with E-state index in [0.29, 0.717) is 34.0 Å². The van der Waals surface area contributed by atoms with E-state index in [9.17, 15) is 4.79 Å². The number of nitrogens with one attached hydrogen (secondary N) is 3. The number of aromatic nitrogens is 3. The molecule has 1 aliphatic rings. The highest BCUT2D eigenvalue weighted by molar-refractivity contribution is 8.14. The summed E-state index contributed by atoms with van der Waals surface area (Å²) in [7, 11) is 0. The fourth-order valence-electron chi connectivity index (χ4n) is 6.11. The van der Waals surface area contributed by atoms with Crippen molar-refractivity contribution in [3.8, 4) is 16.9 Å². The van der Waals surface area contributed by atoms with E-state index in [1.807, 2.05) is 19.1 Å². The number of nitrogens with two attached hydrogens (primary N) is 2. The smallest absolute Gasteiger partial charge is 0.354 e. The number of benzene rings is 2. The lowest BCUT2D eigenvalue weighted by Crippen LogP contribution is -2.33. The van der Waals surface area contributed by atoms with Gasteiger partial charge in [-0.15, -0.1) is 0 Å². The van der Waals surface area contributed by atoms with Crippen LogP contribution in [0.3, 0.4) is 0 Å². The fraction of sp³-hybridized carbons (Fsp3) is 0.424. The minimum atomic E-state index is -0.513. The van der Waals surface area contributed by atoms with Gasteiger partial charge in [-0.3, -0.25) is 9.98 Å². The van der Waals surface area contributed by atoms with Crippen LogP contribution in [0, 0.1) is 11.2 Å². The summed E-state index contributed by atoms with van der Waals surface area (Å²) >= 11 is 7.68. The number of aromatic amines is 1. The Bertz CT molecular complexity index is 1670. The quantitative estimate of drug-likeness (QED) is 0.0955. The molecule has 1 saturated heterocycles. The van der Waals surface area contributed by atoms with Crippen molar-refractivity contribution in [2.75, 3.05) is 0 Å². The molecule has 0 bridgehead atoms. The molecule has 5 rings (SSSR count). The van der Waals surface area contributed by atoms with E-state index < -0.39 is 11.5 Å². The first kappa shape index (κ1) is 32.2. The standard InChI is InChI=1S/C33H41ClFN7OS/c1-19(36)6-5-7-21-15-26(30(35)27(34)16-21)29-17-23-18-42(33(43)41-31(23)40-29)25-12-10-22(11-13-25)28-9-4-3-8-24(39-28)14-20(2)44-32(37)38/h10-13,15-20,24,28,39H,3-9,14,36H2,1-2H3,(H3,37,38)(H,40,41,43)/t19-,20?,24-,28-/m0/s1. The SMILES string of the molecule is CC(C[C@@H]1CCCC[C@@H](c2ccc(-n3cc4cc(-c5cc(CCC[C@H](C)N)cc(Cl)c5F)[nH]c4nc3=O)cc2)N1)SC(=N)N. The molecule has 1 aliphatic heterocycles. The lowest BCUT2D eigenvalue weighted by molar-refractivity contribution is 0.418. The molecule has 4 atom stereocenters. The summed E-state index contributed by atoms with van der Waals surface area (Å²) < 4.78 is 16.7. The summed E-state index contributed by atoms with van der Waals surface area (Å²) in [4.78, 5) is 20.5. The van der Waals surface area contributed by atoms with Gasteiger partial charge in [0.05, 0.1) is 16.4 Å². The number of hydrogen-bond donors (Lipinski definition) is 5. The van der Waals surface area contributed by atoms with E-state index in [4.69, 9.17) is 28.5 Å². The van der Waals surface area contributed by atoms with Crippen LogP contribution >= 0.6 is 23.4 Å². The molecule has 2 aromatic heterocycles. The number of H-pyrrole nitrogens is 1. The van der Waals surface area contributed by atoms with Crippen LogP contribution in [0.5, 0.6) is 0 Å². The average molecular weight is 638 g/mol. The lowest BCUT2D eigenvalue weighted by atomic mass is 10.0. The molecule has 44 heavy (non-hydrogen) atoms. The van der Waals surface area contributed by atoms with Gasteiger partial charge in [-0.05, 0) is 86.9 Å². The average Bonchev–Trinajstić information content (AvgIpc) is 3.23. The van der Waals surface area contributed by atoms with Crippen LogP contribution in [0.25, 0.3) is 28.0 Å². The van der Waals surface area contributed by atoms with E-state index in [2.05, 4.69) is 34.3 Å². The zero-order valence-electron chi connectivity index (χ0n) is 25.2. The molecule has 0 saturated carbocycles. The number of aryl methyl sites for hydroxylation is 1. The highest BCUT2D eigenvalue weighted by atomic mass is 35.5. The molecule has 4 aromatic rings. The van der Waals surface area contributed by atoms with Crippen LogP contribution in [0.4, 0.5) is 4.39 Å². The maximum absolute atomic E-state index is 15.1. The van der Waals surface area contributed by atoms with E-state index in [1.165, 1.54) is 21.9 Å². The number of halogens is 2. The van der Waals surface area contributed by atoms with Gasteiger partial charge in [0.25, 0.3) is 0 Å².